The zero-order valence-corrected chi connectivity index (χ0v) is 12.4. The standard InChI is InChI=1S/C13H16BrNO4/c1-18-8-12(16)15-11(7-13(17)19-2)9-3-5-10(14)6-4-9/h3-6,11H,7-8H2,1-2H3,(H,15,16). The molecule has 1 rings (SSSR count). The fraction of sp³-hybridized carbons (Fsp3) is 0.385. The fourth-order valence-corrected chi connectivity index (χ4v) is 1.83. The third-order valence-electron chi connectivity index (χ3n) is 2.48. The monoisotopic (exact) mass is 329 g/mol. The van der Waals surface area contributed by atoms with Crippen molar-refractivity contribution in [3.8, 4) is 0 Å². The molecule has 0 aliphatic rings. The van der Waals surface area contributed by atoms with E-state index in [9.17, 15) is 9.59 Å². The molecule has 1 unspecified atom stereocenters. The predicted octanol–water partition coefficient (Wildman–Crippen LogP) is 1.82. The summed E-state index contributed by atoms with van der Waals surface area (Å²) in [7, 11) is 2.76. The van der Waals surface area contributed by atoms with Crippen LogP contribution in [0.25, 0.3) is 0 Å². The second-order valence-corrected chi connectivity index (χ2v) is 4.80. The highest BCUT2D eigenvalue weighted by Crippen LogP contribution is 2.20. The number of amides is 1. The van der Waals surface area contributed by atoms with Crippen molar-refractivity contribution in [2.45, 2.75) is 12.5 Å². The third-order valence-corrected chi connectivity index (χ3v) is 3.01. The Bertz CT molecular complexity index is 433. The van der Waals surface area contributed by atoms with Gasteiger partial charge in [-0.05, 0) is 17.7 Å². The van der Waals surface area contributed by atoms with Gasteiger partial charge in [-0.25, -0.2) is 0 Å². The molecule has 0 bridgehead atoms. The second kappa shape index (κ2) is 7.91. The average Bonchev–Trinajstić information content (AvgIpc) is 2.39. The molecular formula is C13H16BrNO4. The molecule has 6 heteroatoms. The first-order valence-electron chi connectivity index (χ1n) is 5.67. The van der Waals surface area contributed by atoms with Crippen molar-refractivity contribution in [1.29, 1.82) is 0 Å². The van der Waals surface area contributed by atoms with Gasteiger partial charge in [-0.1, -0.05) is 28.1 Å². The summed E-state index contributed by atoms with van der Waals surface area (Å²) in [6.45, 7) is -0.0474. The van der Waals surface area contributed by atoms with Crippen LogP contribution in [0.15, 0.2) is 28.7 Å². The lowest BCUT2D eigenvalue weighted by atomic mass is 10.0. The Balaban J connectivity index is 2.82. The summed E-state index contributed by atoms with van der Waals surface area (Å²) in [6, 6.07) is 6.95. The number of halogens is 1. The Morgan fingerprint density at radius 1 is 1.26 bits per heavy atom. The number of hydrogen-bond donors (Lipinski definition) is 1. The molecule has 0 radical (unpaired) electrons. The summed E-state index contributed by atoms with van der Waals surface area (Å²) in [5.41, 5.74) is 0.832. The first kappa shape index (κ1) is 15.7. The maximum atomic E-state index is 11.6. The fourth-order valence-electron chi connectivity index (χ4n) is 1.56. The molecule has 1 aromatic carbocycles. The van der Waals surface area contributed by atoms with Crippen molar-refractivity contribution in [3.05, 3.63) is 34.3 Å². The van der Waals surface area contributed by atoms with E-state index in [1.165, 1.54) is 14.2 Å². The number of carbonyl (C=O) groups excluding carboxylic acids is 2. The molecule has 5 nitrogen and oxygen atoms in total. The maximum Gasteiger partial charge on any atom is 0.307 e. The van der Waals surface area contributed by atoms with Gasteiger partial charge in [0.25, 0.3) is 0 Å². The molecular weight excluding hydrogens is 314 g/mol. The van der Waals surface area contributed by atoms with Crippen LogP contribution in [0.3, 0.4) is 0 Å². The number of benzene rings is 1. The Morgan fingerprint density at radius 2 is 1.89 bits per heavy atom. The molecule has 0 heterocycles. The van der Waals surface area contributed by atoms with Gasteiger partial charge < -0.3 is 14.8 Å². The van der Waals surface area contributed by atoms with E-state index in [2.05, 4.69) is 26.0 Å². The molecule has 1 N–H and O–H groups in total. The van der Waals surface area contributed by atoms with Gasteiger partial charge in [-0.15, -0.1) is 0 Å². The van der Waals surface area contributed by atoms with Crippen molar-refractivity contribution in [1.82, 2.24) is 5.32 Å². The van der Waals surface area contributed by atoms with Crippen molar-refractivity contribution in [2.24, 2.45) is 0 Å². The second-order valence-electron chi connectivity index (χ2n) is 3.88. The smallest absolute Gasteiger partial charge is 0.307 e. The Labute approximate surface area is 120 Å². The zero-order chi connectivity index (χ0) is 14.3. The average molecular weight is 330 g/mol. The molecule has 1 aromatic rings. The topological polar surface area (TPSA) is 64.6 Å². The van der Waals surface area contributed by atoms with Gasteiger partial charge in [0.15, 0.2) is 0 Å². The minimum Gasteiger partial charge on any atom is -0.469 e. The van der Waals surface area contributed by atoms with Gasteiger partial charge in [0.2, 0.25) is 5.91 Å². The van der Waals surface area contributed by atoms with Crippen LogP contribution in [0.1, 0.15) is 18.0 Å². The molecule has 19 heavy (non-hydrogen) atoms. The van der Waals surface area contributed by atoms with Crippen molar-refractivity contribution < 1.29 is 19.1 Å². The highest BCUT2D eigenvalue weighted by atomic mass is 79.9. The molecule has 0 fully saturated rings. The minimum atomic E-state index is -0.428. The lowest BCUT2D eigenvalue weighted by Gasteiger charge is -2.18. The Morgan fingerprint density at radius 3 is 2.42 bits per heavy atom. The van der Waals surface area contributed by atoms with Gasteiger partial charge >= 0.3 is 5.97 Å². The van der Waals surface area contributed by atoms with E-state index in [4.69, 9.17) is 4.74 Å². The van der Waals surface area contributed by atoms with Crippen molar-refractivity contribution in [2.75, 3.05) is 20.8 Å². The molecule has 0 spiro atoms. The maximum absolute atomic E-state index is 11.6. The van der Waals surface area contributed by atoms with E-state index in [0.717, 1.165) is 10.0 Å². The first-order valence-corrected chi connectivity index (χ1v) is 6.46. The summed E-state index contributed by atoms with van der Waals surface area (Å²) < 4.78 is 10.3. The zero-order valence-electron chi connectivity index (χ0n) is 10.8. The molecule has 1 atom stereocenters. The highest BCUT2D eigenvalue weighted by molar-refractivity contribution is 9.10. The number of methoxy groups -OCH3 is 2. The Kier molecular flexibility index (Phi) is 6.52. The predicted molar refractivity (Wildman–Crippen MR) is 73.5 cm³/mol. The van der Waals surface area contributed by atoms with Gasteiger partial charge in [-0.3, -0.25) is 9.59 Å². The molecule has 0 saturated carbocycles. The van der Waals surface area contributed by atoms with Crippen LogP contribution >= 0.6 is 15.9 Å². The van der Waals surface area contributed by atoms with E-state index < -0.39 is 6.04 Å². The number of carbonyl (C=O) groups is 2. The van der Waals surface area contributed by atoms with Crippen LogP contribution in [0.2, 0.25) is 0 Å². The van der Waals surface area contributed by atoms with E-state index in [1.54, 1.807) is 0 Å². The SMILES string of the molecule is COCC(=O)NC(CC(=O)OC)c1ccc(Br)cc1. The van der Waals surface area contributed by atoms with Crippen LogP contribution in [-0.4, -0.2) is 32.7 Å². The lowest BCUT2D eigenvalue weighted by molar-refractivity contribution is -0.141. The molecule has 1 amide bonds. The molecule has 0 aliphatic heterocycles. The lowest BCUT2D eigenvalue weighted by Crippen LogP contribution is -2.32. The summed E-state index contributed by atoms with van der Waals surface area (Å²) in [5.74, 6) is -0.662. The van der Waals surface area contributed by atoms with Crippen LogP contribution in [0, 0.1) is 0 Å². The Hall–Kier alpha value is -1.40. The number of hydrogen-bond acceptors (Lipinski definition) is 4. The number of ether oxygens (including phenoxy) is 2. The van der Waals surface area contributed by atoms with E-state index in [1.807, 2.05) is 24.3 Å². The van der Waals surface area contributed by atoms with E-state index in [0.29, 0.717) is 0 Å². The van der Waals surface area contributed by atoms with Gasteiger partial charge in [0.05, 0.1) is 19.6 Å². The quantitative estimate of drug-likeness (QED) is 0.808. The van der Waals surface area contributed by atoms with Gasteiger partial charge in [0.1, 0.15) is 6.61 Å². The summed E-state index contributed by atoms with van der Waals surface area (Å²) in [6.07, 6.45) is 0.0770. The molecule has 0 saturated heterocycles. The van der Waals surface area contributed by atoms with Crippen LogP contribution in [-0.2, 0) is 19.1 Å². The first-order chi connectivity index (χ1) is 9.06. The normalized spacial score (nSPS) is 11.7. The van der Waals surface area contributed by atoms with Gasteiger partial charge in [-0.2, -0.15) is 0 Å². The summed E-state index contributed by atoms with van der Waals surface area (Å²) >= 11 is 3.34. The summed E-state index contributed by atoms with van der Waals surface area (Å²) in [5, 5.41) is 2.74. The van der Waals surface area contributed by atoms with Crippen LogP contribution in [0.5, 0.6) is 0 Å². The van der Waals surface area contributed by atoms with Crippen LogP contribution < -0.4 is 5.32 Å². The summed E-state index contributed by atoms with van der Waals surface area (Å²) in [4.78, 5) is 23.0. The number of rotatable bonds is 6. The van der Waals surface area contributed by atoms with E-state index in [-0.39, 0.29) is 24.9 Å². The van der Waals surface area contributed by atoms with Crippen LogP contribution in [0.4, 0.5) is 0 Å². The van der Waals surface area contributed by atoms with E-state index >= 15 is 0 Å². The van der Waals surface area contributed by atoms with Crippen molar-refractivity contribution >= 4 is 27.8 Å². The highest BCUT2D eigenvalue weighted by Gasteiger charge is 2.18. The van der Waals surface area contributed by atoms with Crippen molar-refractivity contribution in [3.63, 3.8) is 0 Å². The number of nitrogens with one attached hydrogen (secondary N) is 1. The number of esters is 1. The van der Waals surface area contributed by atoms with Gasteiger partial charge in [0, 0.05) is 11.6 Å². The minimum absolute atomic E-state index is 0.0474. The molecule has 0 aromatic heterocycles. The molecule has 104 valence electrons. The third kappa shape index (κ3) is 5.40. The largest absolute Gasteiger partial charge is 0.469 e. The molecule has 0 aliphatic carbocycles.